The summed E-state index contributed by atoms with van der Waals surface area (Å²) in [7, 11) is 0. The first-order chi connectivity index (χ1) is 5.93. The fourth-order valence-electron chi connectivity index (χ4n) is 1.23. The van der Waals surface area contributed by atoms with Gasteiger partial charge in [-0.2, -0.15) is 0 Å². The van der Waals surface area contributed by atoms with Crippen LogP contribution in [0, 0.1) is 11.8 Å². The zero-order chi connectivity index (χ0) is 10.4. The van der Waals surface area contributed by atoms with E-state index in [4.69, 9.17) is 5.73 Å². The molecule has 0 heterocycles. The fourth-order valence-corrected chi connectivity index (χ4v) is 1.23. The Hall–Kier alpha value is -0.370. The molecule has 78 valence electrons. The van der Waals surface area contributed by atoms with Crippen LogP contribution in [0.2, 0.25) is 0 Å². The highest BCUT2D eigenvalue weighted by Gasteiger charge is 2.14. The van der Waals surface area contributed by atoms with Crippen LogP contribution in [-0.4, -0.2) is 11.8 Å². The zero-order valence-electron chi connectivity index (χ0n) is 9.34. The lowest BCUT2D eigenvalue weighted by molar-refractivity contribution is -0.121. The Labute approximate surface area is 81.9 Å². The average molecular weight is 185 g/mol. The molecule has 2 heteroatoms. The maximum atomic E-state index is 11.4. The summed E-state index contributed by atoms with van der Waals surface area (Å²) in [6, 6.07) is -0.232. The van der Waals surface area contributed by atoms with E-state index in [1.807, 2.05) is 13.8 Å². The van der Waals surface area contributed by atoms with Gasteiger partial charge in [-0.15, -0.1) is 0 Å². The molecular formula is C11H23NO. The summed E-state index contributed by atoms with van der Waals surface area (Å²) in [4.78, 5) is 11.4. The quantitative estimate of drug-likeness (QED) is 0.690. The van der Waals surface area contributed by atoms with Crippen molar-refractivity contribution in [2.24, 2.45) is 17.6 Å². The Morgan fingerprint density at radius 1 is 1.08 bits per heavy atom. The van der Waals surface area contributed by atoms with E-state index in [-0.39, 0.29) is 11.8 Å². The molecule has 0 fully saturated rings. The Bertz CT molecular complexity index is 152. The second kappa shape index (κ2) is 6.14. The molecule has 0 aliphatic carbocycles. The summed E-state index contributed by atoms with van der Waals surface area (Å²) in [6.45, 7) is 8.40. The minimum Gasteiger partial charge on any atom is -0.322 e. The van der Waals surface area contributed by atoms with Crippen molar-refractivity contribution in [1.29, 1.82) is 0 Å². The van der Waals surface area contributed by atoms with Crippen molar-refractivity contribution < 1.29 is 4.79 Å². The van der Waals surface area contributed by atoms with Crippen molar-refractivity contribution in [1.82, 2.24) is 0 Å². The van der Waals surface area contributed by atoms with E-state index in [0.717, 1.165) is 12.8 Å². The number of nitrogens with two attached hydrogens (primary N) is 1. The molecule has 0 saturated carbocycles. The molecule has 0 aliphatic rings. The molecule has 0 aromatic rings. The van der Waals surface area contributed by atoms with Gasteiger partial charge in [0, 0.05) is 6.42 Å². The molecule has 2 N–H and O–H groups in total. The van der Waals surface area contributed by atoms with Gasteiger partial charge in [-0.3, -0.25) is 4.79 Å². The molecule has 0 aliphatic heterocycles. The SMILES string of the molecule is CC(C)CCC(N)C(=O)CC(C)C. The molecule has 1 unspecified atom stereocenters. The molecule has 0 aromatic carbocycles. The van der Waals surface area contributed by atoms with E-state index < -0.39 is 0 Å². The Kier molecular flexibility index (Phi) is 5.97. The maximum Gasteiger partial charge on any atom is 0.149 e. The summed E-state index contributed by atoms with van der Waals surface area (Å²) in [5, 5.41) is 0. The largest absolute Gasteiger partial charge is 0.322 e. The fraction of sp³-hybridized carbons (Fsp3) is 0.909. The van der Waals surface area contributed by atoms with Gasteiger partial charge in [0.05, 0.1) is 6.04 Å². The maximum absolute atomic E-state index is 11.4. The summed E-state index contributed by atoms with van der Waals surface area (Å²) in [6.07, 6.45) is 2.51. The van der Waals surface area contributed by atoms with Gasteiger partial charge in [0.1, 0.15) is 5.78 Å². The number of hydrogen-bond acceptors (Lipinski definition) is 2. The molecule has 2 nitrogen and oxygen atoms in total. The van der Waals surface area contributed by atoms with Gasteiger partial charge >= 0.3 is 0 Å². The Morgan fingerprint density at radius 2 is 1.62 bits per heavy atom. The van der Waals surface area contributed by atoms with E-state index in [2.05, 4.69) is 13.8 Å². The molecule has 0 amide bonds. The predicted octanol–water partition coefficient (Wildman–Crippen LogP) is 2.37. The van der Waals surface area contributed by atoms with Crippen molar-refractivity contribution in [3.8, 4) is 0 Å². The van der Waals surface area contributed by atoms with Crippen LogP contribution in [0.15, 0.2) is 0 Å². The van der Waals surface area contributed by atoms with E-state index in [1.165, 1.54) is 0 Å². The van der Waals surface area contributed by atoms with Crippen molar-refractivity contribution >= 4 is 5.78 Å². The monoisotopic (exact) mass is 185 g/mol. The van der Waals surface area contributed by atoms with Crippen molar-refractivity contribution in [3.05, 3.63) is 0 Å². The van der Waals surface area contributed by atoms with Crippen LogP contribution in [0.4, 0.5) is 0 Å². The smallest absolute Gasteiger partial charge is 0.149 e. The first-order valence-electron chi connectivity index (χ1n) is 5.21. The highest BCUT2D eigenvalue weighted by atomic mass is 16.1. The standard InChI is InChI=1S/C11H23NO/c1-8(2)5-6-10(12)11(13)7-9(3)4/h8-10H,5-7,12H2,1-4H3. The molecule has 0 bridgehead atoms. The molecule has 0 saturated heterocycles. The van der Waals surface area contributed by atoms with Crippen LogP contribution in [-0.2, 0) is 4.79 Å². The lowest BCUT2D eigenvalue weighted by Crippen LogP contribution is -2.31. The molecule has 0 spiro atoms. The first-order valence-corrected chi connectivity index (χ1v) is 5.21. The molecular weight excluding hydrogens is 162 g/mol. The molecule has 1 atom stereocenters. The third-order valence-electron chi connectivity index (χ3n) is 2.08. The van der Waals surface area contributed by atoms with E-state index in [9.17, 15) is 4.79 Å². The predicted molar refractivity (Wildman–Crippen MR) is 56.5 cm³/mol. The van der Waals surface area contributed by atoms with Crippen molar-refractivity contribution in [2.45, 2.75) is 53.0 Å². The number of ketones is 1. The number of Topliss-reactive ketones (excluding diaryl/α,β-unsaturated/α-hetero) is 1. The van der Waals surface area contributed by atoms with Crippen molar-refractivity contribution in [3.63, 3.8) is 0 Å². The third-order valence-corrected chi connectivity index (χ3v) is 2.08. The van der Waals surface area contributed by atoms with Crippen LogP contribution in [0.25, 0.3) is 0 Å². The normalized spacial score (nSPS) is 13.8. The molecule has 0 aromatic heterocycles. The van der Waals surface area contributed by atoms with Gasteiger partial charge in [-0.25, -0.2) is 0 Å². The van der Waals surface area contributed by atoms with Crippen LogP contribution in [0.5, 0.6) is 0 Å². The average Bonchev–Trinajstić information content (AvgIpc) is 1.98. The van der Waals surface area contributed by atoms with Crippen LogP contribution < -0.4 is 5.73 Å². The van der Waals surface area contributed by atoms with E-state index in [0.29, 0.717) is 18.3 Å². The molecule has 13 heavy (non-hydrogen) atoms. The Balaban J connectivity index is 3.69. The molecule has 0 radical (unpaired) electrons. The number of hydrogen-bond donors (Lipinski definition) is 1. The second-order valence-corrected chi connectivity index (χ2v) is 4.64. The summed E-state index contributed by atoms with van der Waals surface area (Å²) in [5.41, 5.74) is 5.76. The van der Waals surface area contributed by atoms with Gasteiger partial charge in [-0.05, 0) is 24.7 Å². The second-order valence-electron chi connectivity index (χ2n) is 4.64. The van der Waals surface area contributed by atoms with E-state index >= 15 is 0 Å². The summed E-state index contributed by atoms with van der Waals surface area (Å²) >= 11 is 0. The first kappa shape index (κ1) is 12.6. The lowest BCUT2D eigenvalue weighted by Gasteiger charge is -2.13. The highest BCUT2D eigenvalue weighted by molar-refractivity contribution is 5.83. The Morgan fingerprint density at radius 3 is 2.00 bits per heavy atom. The number of carbonyl (C=O) groups excluding carboxylic acids is 1. The zero-order valence-corrected chi connectivity index (χ0v) is 9.34. The minimum atomic E-state index is -0.232. The number of rotatable bonds is 6. The van der Waals surface area contributed by atoms with Crippen LogP contribution in [0.3, 0.4) is 0 Å². The lowest BCUT2D eigenvalue weighted by atomic mass is 9.96. The minimum absolute atomic E-state index is 0.218. The van der Waals surface area contributed by atoms with Gasteiger partial charge in [0.2, 0.25) is 0 Å². The number of carbonyl (C=O) groups is 1. The van der Waals surface area contributed by atoms with Crippen LogP contribution in [0.1, 0.15) is 47.0 Å². The highest BCUT2D eigenvalue weighted by Crippen LogP contribution is 2.09. The molecule has 0 rings (SSSR count). The van der Waals surface area contributed by atoms with Gasteiger partial charge in [0.15, 0.2) is 0 Å². The van der Waals surface area contributed by atoms with E-state index in [1.54, 1.807) is 0 Å². The summed E-state index contributed by atoms with van der Waals surface area (Å²) < 4.78 is 0. The third kappa shape index (κ3) is 6.76. The van der Waals surface area contributed by atoms with Gasteiger partial charge < -0.3 is 5.73 Å². The van der Waals surface area contributed by atoms with Gasteiger partial charge in [0.25, 0.3) is 0 Å². The van der Waals surface area contributed by atoms with Crippen LogP contribution >= 0.6 is 0 Å². The van der Waals surface area contributed by atoms with Gasteiger partial charge in [-0.1, -0.05) is 27.7 Å². The topological polar surface area (TPSA) is 43.1 Å². The summed E-state index contributed by atoms with van der Waals surface area (Å²) in [5.74, 6) is 1.28. The van der Waals surface area contributed by atoms with Crippen molar-refractivity contribution in [2.75, 3.05) is 0 Å².